The minimum atomic E-state index is -4.96. The van der Waals surface area contributed by atoms with E-state index < -0.39 is 97.5 Å². The van der Waals surface area contributed by atoms with E-state index in [2.05, 4.69) is 48.5 Å². The molecule has 0 rings (SSSR count). The lowest BCUT2D eigenvalue weighted by atomic mass is 10.0. The number of hydrogen-bond acceptors (Lipinski definition) is 15. The summed E-state index contributed by atoms with van der Waals surface area (Å²) in [5.41, 5.74) is 0. The fraction of sp³-hybridized carbons (Fsp3) is 0.950. The second-order valence-corrected chi connectivity index (χ2v) is 33.1. The summed E-state index contributed by atoms with van der Waals surface area (Å²) in [5, 5.41) is 10.6. The largest absolute Gasteiger partial charge is 0.472 e. The fourth-order valence-electron chi connectivity index (χ4n) is 12.3. The van der Waals surface area contributed by atoms with Crippen molar-refractivity contribution >= 4 is 39.5 Å². The Labute approximate surface area is 607 Å². The number of unbranched alkanes of at least 4 members (excludes halogenated alkanes) is 46. The van der Waals surface area contributed by atoms with Crippen molar-refractivity contribution in [1.82, 2.24) is 0 Å². The molecule has 0 aromatic carbocycles. The van der Waals surface area contributed by atoms with Gasteiger partial charge in [-0.05, 0) is 43.4 Å². The Balaban J connectivity index is 5.22. The van der Waals surface area contributed by atoms with Gasteiger partial charge in [0.25, 0.3) is 0 Å². The van der Waals surface area contributed by atoms with Crippen molar-refractivity contribution in [2.75, 3.05) is 39.6 Å². The van der Waals surface area contributed by atoms with E-state index in [4.69, 9.17) is 37.0 Å². The maximum absolute atomic E-state index is 13.1. The quantitative estimate of drug-likeness (QED) is 0.0222. The molecular weight excluding hydrogens is 1290 g/mol. The van der Waals surface area contributed by atoms with Gasteiger partial charge in [-0.2, -0.15) is 0 Å². The average molecular weight is 1450 g/mol. The molecule has 0 fully saturated rings. The molecule has 0 radical (unpaired) electrons. The smallest absolute Gasteiger partial charge is 0.462 e. The lowest BCUT2D eigenvalue weighted by Gasteiger charge is -2.21. The molecule has 5 atom stereocenters. The van der Waals surface area contributed by atoms with Crippen molar-refractivity contribution in [2.45, 2.75) is 433 Å². The van der Waals surface area contributed by atoms with Crippen molar-refractivity contribution in [3.63, 3.8) is 0 Å². The molecule has 588 valence electrons. The Morgan fingerprint density at radius 1 is 0.273 bits per heavy atom. The zero-order valence-corrected chi connectivity index (χ0v) is 66.8. The second-order valence-electron chi connectivity index (χ2n) is 30.2. The Kier molecular flexibility index (Phi) is 69.0. The first-order chi connectivity index (χ1) is 47.7. The van der Waals surface area contributed by atoms with Gasteiger partial charge in [0.05, 0.1) is 26.4 Å². The number of ether oxygens (including phenoxy) is 4. The van der Waals surface area contributed by atoms with Crippen LogP contribution in [0.2, 0.25) is 0 Å². The third kappa shape index (κ3) is 74.1. The van der Waals surface area contributed by atoms with Gasteiger partial charge in [-0.3, -0.25) is 37.3 Å². The van der Waals surface area contributed by atoms with E-state index in [1.165, 1.54) is 225 Å². The molecule has 0 amide bonds. The SMILES string of the molecule is CCCCCCCCCCCCCC(=O)OC[C@H](COP(=O)(O)OC[C@H](O)COP(=O)(O)OC[C@@H](COC(=O)CCCCCCCCCCCCCCC(C)C)OC(=O)CCCCCCCCCCCCCCCCCCCCC(C)C)OC(=O)CCCCCCCCCCCC(C)C. The molecule has 0 aromatic rings. The minimum absolute atomic E-state index is 0.106. The van der Waals surface area contributed by atoms with Crippen LogP contribution in [0.25, 0.3) is 0 Å². The lowest BCUT2D eigenvalue weighted by Crippen LogP contribution is -2.30. The summed E-state index contributed by atoms with van der Waals surface area (Å²) in [7, 11) is -9.92. The first-order valence-electron chi connectivity index (χ1n) is 41.3. The molecule has 17 nitrogen and oxygen atoms in total. The van der Waals surface area contributed by atoms with E-state index in [9.17, 15) is 43.2 Å². The highest BCUT2D eigenvalue weighted by Gasteiger charge is 2.30. The van der Waals surface area contributed by atoms with Gasteiger partial charge in [-0.15, -0.1) is 0 Å². The van der Waals surface area contributed by atoms with Crippen molar-refractivity contribution in [3.8, 4) is 0 Å². The number of carbonyl (C=O) groups excluding carboxylic acids is 4. The summed E-state index contributed by atoms with van der Waals surface area (Å²) in [6, 6.07) is 0. The number of hydrogen-bond donors (Lipinski definition) is 3. The Morgan fingerprint density at radius 3 is 0.687 bits per heavy atom. The normalized spacial score (nSPS) is 14.0. The highest BCUT2D eigenvalue weighted by molar-refractivity contribution is 7.47. The second kappa shape index (κ2) is 70.4. The van der Waals surface area contributed by atoms with E-state index in [1.54, 1.807) is 0 Å². The average Bonchev–Trinajstić information content (AvgIpc) is 1.49. The maximum Gasteiger partial charge on any atom is 0.472 e. The zero-order chi connectivity index (χ0) is 73.0. The van der Waals surface area contributed by atoms with E-state index in [-0.39, 0.29) is 25.7 Å². The predicted octanol–water partition coefficient (Wildman–Crippen LogP) is 23.7. The first kappa shape index (κ1) is 97.1. The first-order valence-corrected chi connectivity index (χ1v) is 44.3. The Morgan fingerprint density at radius 2 is 0.465 bits per heavy atom. The number of phosphoric acid groups is 2. The molecule has 0 bridgehead atoms. The number of rotatable bonds is 78. The van der Waals surface area contributed by atoms with Crippen LogP contribution < -0.4 is 0 Å². The highest BCUT2D eigenvalue weighted by Crippen LogP contribution is 2.45. The third-order valence-electron chi connectivity index (χ3n) is 18.6. The van der Waals surface area contributed by atoms with Crippen LogP contribution in [-0.4, -0.2) is 96.7 Å². The maximum atomic E-state index is 13.1. The molecule has 0 aliphatic rings. The van der Waals surface area contributed by atoms with Gasteiger partial charge in [-0.25, -0.2) is 9.13 Å². The fourth-order valence-corrected chi connectivity index (χ4v) is 13.9. The van der Waals surface area contributed by atoms with E-state index >= 15 is 0 Å². The molecule has 0 saturated heterocycles. The third-order valence-corrected chi connectivity index (χ3v) is 20.5. The summed E-state index contributed by atoms with van der Waals surface area (Å²) >= 11 is 0. The Bertz CT molecular complexity index is 1920. The molecule has 0 heterocycles. The van der Waals surface area contributed by atoms with Gasteiger partial charge in [0.1, 0.15) is 19.3 Å². The number of aliphatic hydroxyl groups is 1. The lowest BCUT2D eigenvalue weighted by molar-refractivity contribution is -0.161. The highest BCUT2D eigenvalue weighted by atomic mass is 31.2. The molecule has 0 aliphatic carbocycles. The van der Waals surface area contributed by atoms with E-state index in [1.807, 2.05) is 0 Å². The van der Waals surface area contributed by atoms with Crippen LogP contribution in [-0.2, 0) is 65.4 Å². The van der Waals surface area contributed by atoms with Crippen LogP contribution in [0.5, 0.6) is 0 Å². The number of carbonyl (C=O) groups is 4. The van der Waals surface area contributed by atoms with Crippen LogP contribution in [0.15, 0.2) is 0 Å². The number of esters is 4. The standard InChI is InChI=1S/C80H156O17P2/c1-8-9-10-11-12-13-24-33-40-47-54-61-77(82)90-68-76(97-80(85)64-57-50-43-36-29-32-39-46-53-60-73(6)7)70-95-99(88,89)93-66-74(81)65-92-98(86,87)94-69-75(67-91-78(83)62-55-48-41-34-27-23-22-26-31-38-45-52-59-72(4)5)96-79(84)63-56-49-42-35-28-21-19-17-15-14-16-18-20-25-30-37-44-51-58-71(2)3/h71-76,81H,8-70H2,1-7H3,(H,86,87)(H,88,89)/t74-,75-,76-/m1/s1. The van der Waals surface area contributed by atoms with Crippen molar-refractivity contribution in [1.29, 1.82) is 0 Å². The molecule has 0 aromatic heterocycles. The summed E-state index contributed by atoms with van der Waals surface area (Å²) in [6.07, 6.45) is 58.3. The van der Waals surface area contributed by atoms with Crippen LogP contribution in [0.1, 0.15) is 414 Å². The van der Waals surface area contributed by atoms with Crippen LogP contribution in [0.3, 0.4) is 0 Å². The molecule has 19 heteroatoms. The molecule has 0 aliphatic heterocycles. The number of phosphoric ester groups is 2. The summed E-state index contributed by atoms with van der Waals surface area (Å²) < 4.78 is 68.7. The van der Waals surface area contributed by atoms with Gasteiger partial charge in [0.15, 0.2) is 12.2 Å². The predicted molar refractivity (Wildman–Crippen MR) is 405 cm³/mol. The van der Waals surface area contributed by atoms with Gasteiger partial charge >= 0.3 is 39.5 Å². The van der Waals surface area contributed by atoms with E-state index in [0.29, 0.717) is 25.7 Å². The summed E-state index contributed by atoms with van der Waals surface area (Å²) in [5.74, 6) is 0.226. The summed E-state index contributed by atoms with van der Waals surface area (Å²) in [4.78, 5) is 73.0. The van der Waals surface area contributed by atoms with Gasteiger partial charge < -0.3 is 33.8 Å². The zero-order valence-electron chi connectivity index (χ0n) is 65.0. The molecule has 3 N–H and O–H groups in total. The molecule has 99 heavy (non-hydrogen) atoms. The van der Waals surface area contributed by atoms with Crippen molar-refractivity contribution < 1.29 is 80.2 Å². The van der Waals surface area contributed by atoms with E-state index in [0.717, 1.165) is 108 Å². The molecule has 2 unspecified atom stereocenters. The summed E-state index contributed by atoms with van der Waals surface area (Å²) in [6.45, 7) is 12.0. The molecule has 0 saturated carbocycles. The van der Waals surface area contributed by atoms with Crippen LogP contribution >= 0.6 is 15.6 Å². The molecule has 0 spiro atoms. The van der Waals surface area contributed by atoms with Gasteiger partial charge in [0.2, 0.25) is 0 Å². The number of aliphatic hydroxyl groups excluding tert-OH is 1. The van der Waals surface area contributed by atoms with Crippen LogP contribution in [0.4, 0.5) is 0 Å². The van der Waals surface area contributed by atoms with Gasteiger partial charge in [0, 0.05) is 25.7 Å². The topological polar surface area (TPSA) is 237 Å². The van der Waals surface area contributed by atoms with Gasteiger partial charge in [-0.1, -0.05) is 363 Å². The Hall–Kier alpha value is -1.94. The van der Waals surface area contributed by atoms with Crippen molar-refractivity contribution in [2.24, 2.45) is 17.8 Å². The minimum Gasteiger partial charge on any atom is -0.462 e. The monoisotopic (exact) mass is 1450 g/mol. The van der Waals surface area contributed by atoms with Crippen molar-refractivity contribution in [3.05, 3.63) is 0 Å². The molecular formula is C80H156O17P2. The van der Waals surface area contributed by atoms with Crippen LogP contribution in [0, 0.1) is 17.8 Å².